The first-order chi connectivity index (χ1) is 5.61. The highest BCUT2D eigenvalue weighted by Gasteiger charge is 2.29. The Bertz CT molecular complexity index is 174. The molecule has 0 radical (unpaired) electrons. The topological polar surface area (TPSA) is 32.7 Å². The quantitative estimate of drug-likeness (QED) is 0.778. The predicted octanol–water partition coefficient (Wildman–Crippen LogP) is 0.586. The standard InChI is InChI=1S/C8H14BrNO2/c1-6(9)3-10(2)7-4-12-5-8(7)11/h7-8,11H,1,3-5H2,2H3/t7-,8-/m1/s1. The van der Waals surface area contributed by atoms with E-state index in [4.69, 9.17) is 4.74 Å². The van der Waals surface area contributed by atoms with Crippen LogP contribution in [0.4, 0.5) is 0 Å². The highest BCUT2D eigenvalue weighted by molar-refractivity contribution is 9.11. The highest BCUT2D eigenvalue weighted by atomic mass is 79.9. The average molecular weight is 236 g/mol. The number of likely N-dealkylation sites (N-methyl/N-ethyl adjacent to an activating group) is 1. The lowest BCUT2D eigenvalue weighted by Gasteiger charge is -2.24. The molecule has 1 aliphatic heterocycles. The Morgan fingerprint density at radius 3 is 2.83 bits per heavy atom. The highest BCUT2D eigenvalue weighted by Crippen LogP contribution is 2.14. The van der Waals surface area contributed by atoms with Crippen LogP contribution >= 0.6 is 15.9 Å². The van der Waals surface area contributed by atoms with Crippen LogP contribution in [0.5, 0.6) is 0 Å². The Morgan fingerprint density at radius 2 is 2.42 bits per heavy atom. The van der Waals surface area contributed by atoms with E-state index in [1.807, 2.05) is 11.9 Å². The number of aliphatic hydroxyl groups is 1. The number of rotatable bonds is 3. The molecule has 1 N–H and O–H groups in total. The molecule has 2 atom stereocenters. The van der Waals surface area contributed by atoms with Gasteiger partial charge >= 0.3 is 0 Å². The van der Waals surface area contributed by atoms with Crippen molar-refractivity contribution in [2.75, 3.05) is 26.8 Å². The Labute approximate surface area is 81.1 Å². The maximum Gasteiger partial charge on any atom is 0.0950 e. The maximum atomic E-state index is 9.46. The van der Waals surface area contributed by atoms with Crippen molar-refractivity contribution in [2.24, 2.45) is 0 Å². The largest absolute Gasteiger partial charge is 0.389 e. The second-order valence-electron chi connectivity index (χ2n) is 3.10. The van der Waals surface area contributed by atoms with E-state index >= 15 is 0 Å². The molecule has 1 fully saturated rings. The van der Waals surface area contributed by atoms with Crippen molar-refractivity contribution in [1.29, 1.82) is 0 Å². The van der Waals surface area contributed by atoms with Crippen LogP contribution in [0.1, 0.15) is 0 Å². The first-order valence-corrected chi connectivity index (χ1v) is 4.70. The second-order valence-corrected chi connectivity index (χ2v) is 4.23. The van der Waals surface area contributed by atoms with E-state index in [0.717, 1.165) is 11.0 Å². The molecule has 4 heteroatoms. The van der Waals surface area contributed by atoms with Crippen molar-refractivity contribution < 1.29 is 9.84 Å². The van der Waals surface area contributed by atoms with Crippen LogP contribution in [-0.4, -0.2) is 49.0 Å². The zero-order valence-corrected chi connectivity index (χ0v) is 8.75. The Hall–Kier alpha value is 0.1000. The van der Waals surface area contributed by atoms with Crippen molar-refractivity contribution in [2.45, 2.75) is 12.1 Å². The molecular weight excluding hydrogens is 222 g/mol. The molecule has 3 nitrogen and oxygen atoms in total. The second kappa shape index (κ2) is 4.37. The van der Waals surface area contributed by atoms with Crippen molar-refractivity contribution >= 4 is 15.9 Å². The first kappa shape index (κ1) is 10.2. The van der Waals surface area contributed by atoms with E-state index in [2.05, 4.69) is 22.5 Å². The van der Waals surface area contributed by atoms with Crippen molar-refractivity contribution in [1.82, 2.24) is 4.90 Å². The predicted molar refractivity (Wildman–Crippen MR) is 51.3 cm³/mol. The molecule has 0 spiro atoms. The third-order valence-electron chi connectivity index (χ3n) is 2.01. The lowest BCUT2D eigenvalue weighted by Crippen LogP contribution is -2.40. The molecule has 1 saturated heterocycles. The monoisotopic (exact) mass is 235 g/mol. The van der Waals surface area contributed by atoms with Gasteiger partial charge in [0.25, 0.3) is 0 Å². The van der Waals surface area contributed by atoms with Crippen LogP contribution in [0, 0.1) is 0 Å². The summed E-state index contributed by atoms with van der Waals surface area (Å²) in [6.07, 6.45) is -0.359. The number of nitrogens with zero attached hydrogens (tertiary/aromatic N) is 1. The van der Waals surface area contributed by atoms with Gasteiger partial charge in [-0.25, -0.2) is 0 Å². The molecule has 12 heavy (non-hydrogen) atoms. The van der Waals surface area contributed by atoms with Crippen LogP contribution < -0.4 is 0 Å². The normalized spacial score (nSPS) is 29.7. The van der Waals surface area contributed by atoms with Crippen molar-refractivity contribution in [3.63, 3.8) is 0 Å². The summed E-state index contributed by atoms with van der Waals surface area (Å²) in [5.41, 5.74) is 0. The molecular formula is C8H14BrNO2. The summed E-state index contributed by atoms with van der Waals surface area (Å²) in [7, 11) is 1.95. The Balaban J connectivity index is 2.40. The van der Waals surface area contributed by atoms with Gasteiger partial charge in [-0.1, -0.05) is 22.5 Å². The molecule has 1 aliphatic rings. The molecule has 70 valence electrons. The average Bonchev–Trinajstić information content (AvgIpc) is 2.33. The van der Waals surface area contributed by atoms with E-state index < -0.39 is 0 Å². The van der Waals surface area contributed by atoms with Crippen LogP contribution in [0.15, 0.2) is 11.1 Å². The van der Waals surface area contributed by atoms with Gasteiger partial charge in [-0.3, -0.25) is 4.90 Å². The third kappa shape index (κ3) is 2.55. The van der Waals surface area contributed by atoms with Crippen LogP contribution in [0.3, 0.4) is 0 Å². The molecule has 0 saturated carbocycles. The number of ether oxygens (including phenoxy) is 1. The van der Waals surface area contributed by atoms with Gasteiger partial charge in [-0.15, -0.1) is 0 Å². The third-order valence-corrected chi connectivity index (χ3v) is 2.26. The van der Waals surface area contributed by atoms with Gasteiger partial charge in [0.15, 0.2) is 0 Å². The van der Waals surface area contributed by atoms with Crippen LogP contribution in [0.25, 0.3) is 0 Å². The van der Waals surface area contributed by atoms with E-state index in [0.29, 0.717) is 13.2 Å². The summed E-state index contributed by atoms with van der Waals surface area (Å²) in [6.45, 7) is 5.54. The molecule has 0 aromatic rings. The van der Waals surface area contributed by atoms with Crippen LogP contribution in [-0.2, 0) is 4.74 Å². The summed E-state index contributed by atoms with van der Waals surface area (Å²) in [5, 5.41) is 9.46. The molecule has 0 unspecified atom stereocenters. The fourth-order valence-electron chi connectivity index (χ4n) is 1.34. The molecule has 0 amide bonds. The Morgan fingerprint density at radius 1 is 1.75 bits per heavy atom. The van der Waals surface area contributed by atoms with Gasteiger partial charge in [0.1, 0.15) is 0 Å². The summed E-state index contributed by atoms with van der Waals surface area (Å²) in [5.74, 6) is 0. The van der Waals surface area contributed by atoms with E-state index in [9.17, 15) is 5.11 Å². The summed E-state index contributed by atoms with van der Waals surface area (Å²) in [6, 6.07) is 0.110. The Kier molecular flexibility index (Phi) is 3.71. The van der Waals surface area contributed by atoms with Gasteiger partial charge < -0.3 is 9.84 Å². The first-order valence-electron chi connectivity index (χ1n) is 3.90. The molecule has 0 bridgehead atoms. The number of hydrogen-bond donors (Lipinski definition) is 1. The van der Waals surface area contributed by atoms with Gasteiger partial charge in [0.05, 0.1) is 25.4 Å². The maximum absolute atomic E-state index is 9.46. The van der Waals surface area contributed by atoms with E-state index in [1.54, 1.807) is 0 Å². The summed E-state index contributed by atoms with van der Waals surface area (Å²) in [4.78, 5) is 2.04. The molecule has 0 aliphatic carbocycles. The fourth-order valence-corrected chi connectivity index (χ4v) is 1.74. The lowest BCUT2D eigenvalue weighted by atomic mass is 10.2. The van der Waals surface area contributed by atoms with Gasteiger partial charge in [0, 0.05) is 11.0 Å². The molecule has 0 aromatic carbocycles. The minimum Gasteiger partial charge on any atom is -0.389 e. The molecule has 1 rings (SSSR count). The summed E-state index contributed by atoms with van der Waals surface area (Å²) < 4.78 is 6.06. The fraction of sp³-hybridized carbons (Fsp3) is 0.750. The van der Waals surface area contributed by atoms with Crippen LogP contribution in [0.2, 0.25) is 0 Å². The lowest BCUT2D eigenvalue weighted by molar-refractivity contribution is 0.100. The number of halogens is 1. The number of aliphatic hydroxyl groups excluding tert-OH is 1. The van der Waals surface area contributed by atoms with E-state index in [1.165, 1.54) is 0 Å². The van der Waals surface area contributed by atoms with Crippen molar-refractivity contribution in [3.8, 4) is 0 Å². The molecule has 1 heterocycles. The van der Waals surface area contributed by atoms with Gasteiger partial charge in [-0.05, 0) is 7.05 Å². The minimum absolute atomic E-state index is 0.110. The van der Waals surface area contributed by atoms with Gasteiger partial charge in [0.2, 0.25) is 0 Å². The van der Waals surface area contributed by atoms with E-state index in [-0.39, 0.29) is 12.1 Å². The summed E-state index contributed by atoms with van der Waals surface area (Å²) >= 11 is 3.28. The zero-order chi connectivity index (χ0) is 9.14. The van der Waals surface area contributed by atoms with Gasteiger partial charge in [-0.2, -0.15) is 0 Å². The minimum atomic E-state index is -0.359. The molecule has 0 aromatic heterocycles. The number of hydrogen-bond acceptors (Lipinski definition) is 3. The smallest absolute Gasteiger partial charge is 0.0950 e. The zero-order valence-electron chi connectivity index (χ0n) is 7.16. The SMILES string of the molecule is C=C(Br)CN(C)[C@@H]1COC[C@H]1O. The van der Waals surface area contributed by atoms with Crippen molar-refractivity contribution in [3.05, 3.63) is 11.1 Å².